The van der Waals surface area contributed by atoms with E-state index in [1.165, 1.54) is 11.1 Å². The average molecular weight is 423 g/mol. The van der Waals surface area contributed by atoms with Gasteiger partial charge in [-0.3, -0.25) is 9.69 Å². The molecule has 1 N–H and O–H groups in total. The largest absolute Gasteiger partial charge is 0.493 e. The summed E-state index contributed by atoms with van der Waals surface area (Å²) in [6.45, 7) is 1.92. The number of hydrogen-bond acceptors (Lipinski definition) is 5. The highest BCUT2D eigenvalue weighted by atomic mass is 32.1. The molecule has 0 saturated heterocycles. The first-order chi connectivity index (χ1) is 14.7. The van der Waals surface area contributed by atoms with E-state index < -0.39 is 0 Å². The van der Waals surface area contributed by atoms with Gasteiger partial charge in [0, 0.05) is 18.0 Å². The number of hydrogen-bond donors (Lipinski definition) is 1. The van der Waals surface area contributed by atoms with Gasteiger partial charge in [0.05, 0.1) is 26.8 Å². The summed E-state index contributed by atoms with van der Waals surface area (Å²) in [5.41, 5.74) is 3.53. The minimum Gasteiger partial charge on any atom is -0.493 e. The Kier molecular flexibility index (Phi) is 6.35. The number of nitrogens with one attached hydrogen (secondary N) is 1. The van der Waals surface area contributed by atoms with Crippen LogP contribution in [0.2, 0.25) is 0 Å². The van der Waals surface area contributed by atoms with Gasteiger partial charge < -0.3 is 14.8 Å². The fourth-order valence-electron chi connectivity index (χ4n) is 3.91. The Morgan fingerprint density at radius 1 is 1.07 bits per heavy atom. The van der Waals surface area contributed by atoms with Gasteiger partial charge in [-0.25, -0.2) is 0 Å². The number of rotatable bonds is 7. The van der Waals surface area contributed by atoms with E-state index in [0.717, 1.165) is 41.4 Å². The predicted molar refractivity (Wildman–Crippen MR) is 119 cm³/mol. The third kappa shape index (κ3) is 4.50. The van der Waals surface area contributed by atoms with Gasteiger partial charge in [-0.2, -0.15) is 0 Å². The Labute approximate surface area is 181 Å². The first-order valence-corrected chi connectivity index (χ1v) is 10.9. The Hall–Kier alpha value is -2.83. The first kappa shape index (κ1) is 20.4. The van der Waals surface area contributed by atoms with Gasteiger partial charge in [-0.05, 0) is 46.7 Å². The van der Waals surface area contributed by atoms with Crippen LogP contribution in [0.3, 0.4) is 0 Å². The molecule has 3 aromatic rings. The number of fused-ring (bicyclic) bond motifs is 1. The standard InChI is InChI=1S/C24H26N2O3S/c1-28-20-13-18-10-11-26(15-19(18)14-21(20)29-2)16-23(27)25-24(22-9-6-12-30-22)17-7-4-3-5-8-17/h3-9,12-14,24H,10-11,15-16H2,1-2H3,(H,25,27)/t24-/m1/s1. The van der Waals surface area contributed by atoms with E-state index in [9.17, 15) is 4.79 Å². The number of amides is 1. The summed E-state index contributed by atoms with van der Waals surface area (Å²) in [4.78, 5) is 16.2. The molecule has 156 valence electrons. The molecule has 0 radical (unpaired) electrons. The van der Waals surface area contributed by atoms with Crippen molar-refractivity contribution in [3.05, 3.63) is 81.5 Å². The van der Waals surface area contributed by atoms with Crippen molar-refractivity contribution in [2.75, 3.05) is 27.3 Å². The molecular formula is C24H26N2O3S. The van der Waals surface area contributed by atoms with Crippen molar-refractivity contribution < 1.29 is 14.3 Å². The number of thiophene rings is 1. The highest BCUT2D eigenvalue weighted by Gasteiger charge is 2.23. The van der Waals surface area contributed by atoms with Gasteiger partial charge in [0.2, 0.25) is 5.91 Å². The van der Waals surface area contributed by atoms with E-state index in [2.05, 4.69) is 28.4 Å². The quantitative estimate of drug-likeness (QED) is 0.625. The molecule has 2 aromatic carbocycles. The minimum atomic E-state index is -0.125. The summed E-state index contributed by atoms with van der Waals surface area (Å²) < 4.78 is 10.9. The van der Waals surface area contributed by atoms with Crippen molar-refractivity contribution in [2.24, 2.45) is 0 Å². The second-order valence-electron chi connectivity index (χ2n) is 7.36. The average Bonchev–Trinajstić information content (AvgIpc) is 3.31. The summed E-state index contributed by atoms with van der Waals surface area (Å²) >= 11 is 1.66. The fraction of sp³-hybridized carbons (Fsp3) is 0.292. The van der Waals surface area contributed by atoms with Crippen molar-refractivity contribution >= 4 is 17.2 Å². The maximum absolute atomic E-state index is 12.9. The number of ether oxygens (including phenoxy) is 2. The molecule has 4 rings (SSSR count). The summed E-state index contributed by atoms with van der Waals surface area (Å²) in [6, 6.07) is 18.2. The highest BCUT2D eigenvalue weighted by Crippen LogP contribution is 2.33. The van der Waals surface area contributed by atoms with Crippen molar-refractivity contribution in [1.29, 1.82) is 0 Å². The van der Waals surface area contributed by atoms with E-state index in [0.29, 0.717) is 6.54 Å². The molecule has 0 aliphatic carbocycles. The normalized spacial score (nSPS) is 14.6. The van der Waals surface area contributed by atoms with Gasteiger partial charge in [0.15, 0.2) is 11.5 Å². The predicted octanol–water partition coefficient (Wildman–Crippen LogP) is 4.03. The van der Waals surface area contributed by atoms with Crippen LogP contribution >= 0.6 is 11.3 Å². The van der Waals surface area contributed by atoms with E-state index in [-0.39, 0.29) is 11.9 Å². The van der Waals surface area contributed by atoms with Gasteiger partial charge in [-0.15, -0.1) is 11.3 Å². The molecule has 0 unspecified atom stereocenters. The van der Waals surface area contributed by atoms with Crippen LogP contribution in [-0.4, -0.2) is 38.1 Å². The van der Waals surface area contributed by atoms with E-state index in [4.69, 9.17) is 9.47 Å². The molecule has 1 aromatic heterocycles. The number of carbonyl (C=O) groups excluding carboxylic acids is 1. The molecule has 0 fully saturated rings. The van der Waals surface area contributed by atoms with Crippen LogP contribution < -0.4 is 14.8 Å². The van der Waals surface area contributed by atoms with Crippen LogP contribution in [0.5, 0.6) is 11.5 Å². The maximum Gasteiger partial charge on any atom is 0.234 e. The van der Waals surface area contributed by atoms with Crippen LogP contribution in [0.25, 0.3) is 0 Å². The Balaban J connectivity index is 1.45. The fourth-order valence-corrected chi connectivity index (χ4v) is 4.71. The summed E-state index contributed by atoms with van der Waals surface area (Å²) in [5, 5.41) is 5.28. The summed E-state index contributed by atoms with van der Waals surface area (Å²) in [6.07, 6.45) is 0.885. The van der Waals surface area contributed by atoms with Crippen molar-refractivity contribution in [1.82, 2.24) is 10.2 Å². The van der Waals surface area contributed by atoms with E-state index in [1.54, 1.807) is 25.6 Å². The third-order valence-electron chi connectivity index (χ3n) is 5.43. The smallest absolute Gasteiger partial charge is 0.234 e. The molecular weight excluding hydrogens is 396 g/mol. The molecule has 0 saturated carbocycles. The molecule has 2 heterocycles. The lowest BCUT2D eigenvalue weighted by molar-refractivity contribution is -0.122. The molecule has 1 amide bonds. The third-order valence-corrected chi connectivity index (χ3v) is 6.37. The lowest BCUT2D eigenvalue weighted by Crippen LogP contribution is -2.41. The van der Waals surface area contributed by atoms with E-state index >= 15 is 0 Å². The zero-order valence-electron chi connectivity index (χ0n) is 17.3. The van der Waals surface area contributed by atoms with Crippen LogP contribution in [-0.2, 0) is 17.8 Å². The van der Waals surface area contributed by atoms with E-state index in [1.807, 2.05) is 41.8 Å². The van der Waals surface area contributed by atoms with Crippen molar-refractivity contribution in [3.63, 3.8) is 0 Å². The van der Waals surface area contributed by atoms with Gasteiger partial charge in [-0.1, -0.05) is 36.4 Å². The molecule has 0 spiro atoms. The Bertz CT molecular complexity index is 989. The first-order valence-electron chi connectivity index (χ1n) is 10.0. The number of benzene rings is 2. The van der Waals surface area contributed by atoms with Crippen LogP contribution in [0.1, 0.15) is 27.6 Å². The second-order valence-corrected chi connectivity index (χ2v) is 8.34. The summed E-state index contributed by atoms with van der Waals surface area (Å²) in [5.74, 6) is 1.51. The molecule has 1 atom stereocenters. The van der Waals surface area contributed by atoms with Gasteiger partial charge in [0.1, 0.15) is 0 Å². The SMILES string of the molecule is COc1cc2c(cc1OC)CN(CC(=O)N[C@H](c1ccccc1)c1cccs1)CC2. The summed E-state index contributed by atoms with van der Waals surface area (Å²) in [7, 11) is 3.30. The van der Waals surface area contributed by atoms with Crippen molar-refractivity contribution in [3.8, 4) is 11.5 Å². The Morgan fingerprint density at radius 2 is 1.80 bits per heavy atom. The molecule has 1 aliphatic rings. The van der Waals surface area contributed by atoms with Crippen LogP contribution in [0, 0.1) is 0 Å². The highest BCUT2D eigenvalue weighted by molar-refractivity contribution is 7.10. The monoisotopic (exact) mass is 422 g/mol. The molecule has 1 aliphatic heterocycles. The zero-order chi connectivity index (χ0) is 20.9. The van der Waals surface area contributed by atoms with Gasteiger partial charge in [0.25, 0.3) is 0 Å². The molecule has 6 heteroatoms. The lowest BCUT2D eigenvalue weighted by Gasteiger charge is -2.29. The van der Waals surface area contributed by atoms with Crippen molar-refractivity contribution in [2.45, 2.75) is 19.0 Å². The van der Waals surface area contributed by atoms with Crippen LogP contribution in [0.15, 0.2) is 60.0 Å². The second kappa shape index (κ2) is 9.32. The lowest BCUT2D eigenvalue weighted by atomic mass is 9.98. The number of carbonyl (C=O) groups is 1. The minimum absolute atomic E-state index is 0.0289. The maximum atomic E-state index is 12.9. The molecule has 30 heavy (non-hydrogen) atoms. The molecule has 5 nitrogen and oxygen atoms in total. The Morgan fingerprint density at radius 3 is 2.47 bits per heavy atom. The van der Waals surface area contributed by atoms with Gasteiger partial charge >= 0.3 is 0 Å². The van der Waals surface area contributed by atoms with Crippen LogP contribution in [0.4, 0.5) is 0 Å². The topological polar surface area (TPSA) is 50.8 Å². The number of methoxy groups -OCH3 is 2. The zero-order valence-corrected chi connectivity index (χ0v) is 18.1. The number of nitrogens with zero attached hydrogens (tertiary/aromatic N) is 1. The molecule has 0 bridgehead atoms.